The van der Waals surface area contributed by atoms with Gasteiger partial charge in [-0.3, -0.25) is 9.78 Å². The fraction of sp³-hybridized carbons (Fsp3) is 0.280. The van der Waals surface area contributed by atoms with Crippen molar-refractivity contribution >= 4 is 11.6 Å². The zero-order chi connectivity index (χ0) is 21.5. The quantitative estimate of drug-likeness (QED) is 0.493. The molecule has 0 radical (unpaired) electrons. The SMILES string of the molecule is CCOC(C)c1ccc(C(=O)Nc2cccc(Oc3cccc(CC)c3)c2)c(C)n1. The number of nitrogens with zero attached hydrogens (tertiary/aromatic N) is 1. The fourth-order valence-corrected chi connectivity index (χ4v) is 3.18. The molecule has 5 nitrogen and oxygen atoms in total. The van der Waals surface area contributed by atoms with E-state index in [9.17, 15) is 4.79 Å². The van der Waals surface area contributed by atoms with E-state index in [-0.39, 0.29) is 12.0 Å². The molecule has 0 aliphatic rings. The predicted octanol–water partition coefficient (Wildman–Crippen LogP) is 6.09. The maximum absolute atomic E-state index is 12.8. The third-order valence-corrected chi connectivity index (χ3v) is 4.82. The summed E-state index contributed by atoms with van der Waals surface area (Å²) < 4.78 is 11.5. The number of amides is 1. The van der Waals surface area contributed by atoms with Gasteiger partial charge in [-0.1, -0.05) is 25.1 Å². The smallest absolute Gasteiger partial charge is 0.257 e. The second kappa shape index (κ2) is 10.0. The minimum Gasteiger partial charge on any atom is -0.457 e. The van der Waals surface area contributed by atoms with E-state index < -0.39 is 0 Å². The Balaban J connectivity index is 1.72. The fourth-order valence-electron chi connectivity index (χ4n) is 3.18. The van der Waals surface area contributed by atoms with E-state index in [1.54, 1.807) is 6.07 Å². The average Bonchev–Trinajstić information content (AvgIpc) is 2.74. The molecule has 0 aliphatic carbocycles. The maximum Gasteiger partial charge on any atom is 0.257 e. The third-order valence-electron chi connectivity index (χ3n) is 4.82. The molecule has 0 saturated heterocycles. The molecule has 0 spiro atoms. The van der Waals surface area contributed by atoms with Crippen molar-refractivity contribution < 1.29 is 14.3 Å². The highest BCUT2D eigenvalue weighted by molar-refractivity contribution is 6.05. The summed E-state index contributed by atoms with van der Waals surface area (Å²) in [5.41, 5.74) is 3.89. The number of anilines is 1. The minimum absolute atomic E-state index is 0.106. The Morgan fingerprint density at radius 2 is 1.77 bits per heavy atom. The summed E-state index contributed by atoms with van der Waals surface area (Å²) in [5, 5.41) is 2.93. The van der Waals surface area contributed by atoms with Crippen molar-refractivity contribution in [1.82, 2.24) is 4.98 Å². The van der Waals surface area contributed by atoms with Gasteiger partial charge < -0.3 is 14.8 Å². The predicted molar refractivity (Wildman–Crippen MR) is 119 cm³/mol. The monoisotopic (exact) mass is 404 g/mol. The second-order valence-corrected chi connectivity index (χ2v) is 7.05. The van der Waals surface area contributed by atoms with Gasteiger partial charge in [-0.05, 0) is 69.2 Å². The molecular formula is C25H28N2O3. The molecule has 30 heavy (non-hydrogen) atoms. The van der Waals surface area contributed by atoms with Gasteiger partial charge in [-0.25, -0.2) is 0 Å². The number of aryl methyl sites for hydroxylation is 2. The van der Waals surface area contributed by atoms with Crippen molar-refractivity contribution in [3.8, 4) is 11.5 Å². The largest absolute Gasteiger partial charge is 0.457 e. The highest BCUT2D eigenvalue weighted by atomic mass is 16.5. The Morgan fingerprint density at radius 1 is 1.03 bits per heavy atom. The van der Waals surface area contributed by atoms with E-state index in [0.717, 1.165) is 17.9 Å². The van der Waals surface area contributed by atoms with E-state index in [2.05, 4.69) is 23.3 Å². The van der Waals surface area contributed by atoms with Crippen LogP contribution in [0.4, 0.5) is 5.69 Å². The van der Waals surface area contributed by atoms with Crippen LogP contribution in [0.1, 0.15) is 54.2 Å². The lowest BCUT2D eigenvalue weighted by atomic mass is 10.1. The van der Waals surface area contributed by atoms with Crippen LogP contribution in [0, 0.1) is 6.92 Å². The molecule has 1 N–H and O–H groups in total. The molecule has 1 unspecified atom stereocenters. The molecule has 1 heterocycles. The Bertz CT molecular complexity index is 1020. The van der Waals surface area contributed by atoms with E-state index >= 15 is 0 Å². The molecular weight excluding hydrogens is 376 g/mol. The summed E-state index contributed by atoms with van der Waals surface area (Å²) in [7, 11) is 0. The lowest BCUT2D eigenvalue weighted by molar-refractivity contribution is 0.0732. The number of hydrogen-bond donors (Lipinski definition) is 1. The van der Waals surface area contributed by atoms with Gasteiger partial charge in [-0.2, -0.15) is 0 Å². The Hall–Kier alpha value is -3.18. The van der Waals surface area contributed by atoms with Crippen LogP contribution in [0.2, 0.25) is 0 Å². The lowest BCUT2D eigenvalue weighted by Gasteiger charge is -2.14. The summed E-state index contributed by atoms with van der Waals surface area (Å²) in [6.45, 7) is 8.45. The summed E-state index contributed by atoms with van der Waals surface area (Å²) >= 11 is 0. The summed E-state index contributed by atoms with van der Waals surface area (Å²) in [4.78, 5) is 17.3. The van der Waals surface area contributed by atoms with Crippen molar-refractivity contribution in [3.63, 3.8) is 0 Å². The van der Waals surface area contributed by atoms with Crippen molar-refractivity contribution in [2.24, 2.45) is 0 Å². The van der Waals surface area contributed by atoms with Crippen LogP contribution >= 0.6 is 0 Å². The molecule has 1 atom stereocenters. The first kappa shape index (κ1) is 21.5. The van der Waals surface area contributed by atoms with E-state index in [1.807, 2.05) is 69.3 Å². The Morgan fingerprint density at radius 3 is 2.47 bits per heavy atom. The molecule has 3 rings (SSSR count). The lowest BCUT2D eigenvalue weighted by Crippen LogP contribution is -2.15. The molecule has 0 bridgehead atoms. The topological polar surface area (TPSA) is 60.5 Å². The van der Waals surface area contributed by atoms with Crippen molar-refractivity contribution in [2.45, 2.75) is 40.2 Å². The van der Waals surface area contributed by atoms with Gasteiger partial charge in [0.25, 0.3) is 5.91 Å². The minimum atomic E-state index is -0.208. The molecule has 0 fully saturated rings. The van der Waals surface area contributed by atoms with Crippen LogP contribution in [0.3, 0.4) is 0 Å². The standard InChI is InChI=1S/C25H28N2O3/c1-5-19-9-7-11-21(15-19)30-22-12-8-10-20(16-22)27-25(28)23-13-14-24(26-17(23)3)18(4)29-6-2/h7-16,18H,5-6H2,1-4H3,(H,27,28). The van der Waals surface area contributed by atoms with E-state index in [1.165, 1.54) is 5.56 Å². The molecule has 156 valence electrons. The van der Waals surface area contributed by atoms with Crippen LogP contribution in [-0.2, 0) is 11.2 Å². The highest BCUT2D eigenvalue weighted by Gasteiger charge is 2.14. The van der Waals surface area contributed by atoms with Crippen molar-refractivity contribution in [3.05, 3.63) is 83.2 Å². The highest BCUT2D eigenvalue weighted by Crippen LogP contribution is 2.25. The number of carbonyl (C=O) groups excluding carboxylic acids is 1. The van der Waals surface area contributed by atoms with Crippen molar-refractivity contribution in [1.29, 1.82) is 0 Å². The van der Waals surface area contributed by atoms with Crippen LogP contribution in [0.25, 0.3) is 0 Å². The first-order chi connectivity index (χ1) is 14.5. The number of nitrogens with one attached hydrogen (secondary N) is 1. The number of carbonyl (C=O) groups is 1. The maximum atomic E-state index is 12.8. The molecule has 5 heteroatoms. The first-order valence-corrected chi connectivity index (χ1v) is 10.3. The van der Waals surface area contributed by atoms with Crippen LogP contribution in [0.15, 0.2) is 60.7 Å². The third kappa shape index (κ3) is 5.45. The Labute approximate surface area is 178 Å². The molecule has 1 aromatic heterocycles. The summed E-state index contributed by atoms with van der Waals surface area (Å²) in [6.07, 6.45) is 0.842. The second-order valence-electron chi connectivity index (χ2n) is 7.05. The zero-order valence-electron chi connectivity index (χ0n) is 17.9. The number of hydrogen-bond acceptors (Lipinski definition) is 4. The van der Waals surface area contributed by atoms with Gasteiger partial charge in [0.1, 0.15) is 11.5 Å². The van der Waals surface area contributed by atoms with Crippen LogP contribution in [-0.4, -0.2) is 17.5 Å². The summed E-state index contributed by atoms with van der Waals surface area (Å²) in [5.74, 6) is 1.23. The molecule has 0 saturated carbocycles. The van der Waals surface area contributed by atoms with E-state index in [4.69, 9.17) is 9.47 Å². The first-order valence-electron chi connectivity index (χ1n) is 10.3. The van der Waals surface area contributed by atoms with Gasteiger partial charge in [0, 0.05) is 18.4 Å². The molecule has 1 amide bonds. The number of aromatic nitrogens is 1. The van der Waals surface area contributed by atoms with Crippen molar-refractivity contribution in [2.75, 3.05) is 11.9 Å². The van der Waals surface area contributed by atoms with Gasteiger partial charge >= 0.3 is 0 Å². The molecule has 0 aliphatic heterocycles. The Kier molecular flexibility index (Phi) is 7.20. The number of benzene rings is 2. The van der Waals surface area contributed by atoms with Gasteiger partial charge in [-0.15, -0.1) is 0 Å². The van der Waals surface area contributed by atoms with Gasteiger partial charge in [0.2, 0.25) is 0 Å². The van der Waals surface area contributed by atoms with Gasteiger partial charge in [0.15, 0.2) is 0 Å². The summed E-state index contributed by atoms with van der Waals surface area (Å²) in [6, 6.07) is 19.0. The molecule has 3 aromatic rings. The number of rotatable bonds is 8. The van der Waals surface area contributed by atoms with Gasteiger partial charge in [0.05, 0.1) is 23.1 Å². The number of ether oxygens (including phenoxy) is 2. The average molecular weight is 405 g/mol. The normalized spacial score (nSPS) is 11.7. The van der Waals surface area contributed by atoms with E-state index in [0.29, 0.717) is 29.3 Å². The zero-order valence-corrected chi connectivity index (χ0v) is 17.9. The van der Waals surface area contributed by atoms with Crippen LogP contribution in [0.5, 0.6) is 11.5 Å². The molecule has 2 aromatic carbocycles. The number of pyridine rings is 1. The van der Waals surface area contributed by atoms with Crippen LogP contribution < -0.4 is 10.1 Å².